The lowest BCUT2D eigenvalue weighted by Crippen LogP contribution is -2.34. The van der Waals surface area contributed by atoms with Crippen LogP contribution in [0.15, 0.2) is 66.9 Å². The Bertz CT molecular complexity index is 1370. The second-order valence-corrected chi connectivity index (χ2v) is 8.94. The molecule has 7 rings (SSSR count). The van der Waals surface area contributed by atoms with Gasteiger partial charge in [0.1, 0.15) is 23.5 Å². The molecule has 0 amide bonds. The summed E-state index contributed by atoms with van der Waals surface area (Å²) in [5, 5.41) is 3.70. The van der Waals surface area contributed by atoms with Crippen molar-refractivity contribution in [1.29, 1.82) is 0 Å². The Kier molecular flexibility index (Phi) is 3.71. The van der Waals surface area contributed by atoms with Gasteiger partial charge in [-0.05, 0) is 67.3 Å². The summed E-state index contributed by atoms with van der Waals surface area (Å²) in [6.07, 6.45) is 4.37. The number of aromatic nitrogens is 2. The highest BCUT2D eigenvalue weighted by atomic mass is 16.5. The van der Waals surface area contributed by atoms with Crippen LogP contribution < -0.4 is 15.0 Å². The van der Waals surface area contributed by atoms with Gasteiger partial charge in [0.25, 0.3) is 0 Å². The van der Waals surface area contributed by atoms with E-state index in [0.717, 1.165) is 48.9 Å². The average Bonchev–Trinajstić information content (AvgIpc) is 3.39. The van der Waals surface area contributed by atoms with Gasteiger partial charge in [-0.2, -0.15) is 0 Å². The lowest BCUT2D eigenvalue weighted by Gasteiger charge is -2.33. The number of anilines is 2. The molecular weight excluding hydrogens is 396 g/mol. The van der Waals surface area contributed by atoms with Crippen molar-refractivity contribution in [2.45, 2.75) is 32.5 Å². The van der Waals surface area contributed by atoms with Crippen LogP contribution in [0.1, 0.15) is 28.6 Å². The minimum atomic E-state index is 0.165. The summed E-state index contributed by atoms with van der Waals surface area (Å²) in [7, 11) is 0. The molecule has 1 unspecified atom stereocenters. The van der Waals surface area contributed by atoms with Crippen molar-refractivity contribution in [1.82, 2.24) is 9.55 Å². The number of imidazole rings is 1. The molecule has 3 aliphatic heterocycles. The summed E-state index contributed by atoms with van der Waals surface area (Å²) < 4.78 is 8.62. The van der Waals surface area contributed by atoms with E-state index in [2.05, 4.69) is 88.6 Å². The molecule has 0 saturated carbocycles. The van der Waals surface area contributed by atoms with E-state index in [1.165, 1.54) is 33.6 Å². The molecule has 0 saturated heterocycles. The largest absolute Gasteiger partial charge is 0.457 e. The number of fused-ring (bicyclic) bond motifs is 8. The van der Waals surface area contributed by atoms with Crippen LogP contribution in [0.5, 0.6) is 11.5 Å². The second-order valence-electron chi connectivity index (χ2n) is 8.94. The third-order valence-electron chi connectivity index (χ3n) is 6.93. The molecule has 3 aliphatic rings. The first-order valence-electron chi connectivity index (χ1n) is 11.3. The van der Waals surface area contributed by atoms with Gasteiger partial charge in [-0.15, -0.1) is 0 Å². The average molecular weight is 421 g/mol. The van der Waals surface area contributed by atoms with E-state index in [0.29, 0.717) is 0 Å². The fourth-order valence-electron chi connectivity index (χ4n) is 5.42. The predicted octanol–water partition coefficient (Wildman–Crippen LogP) is 5.69. The molecule has 4 heterocycles. The second kappa shape index (κ2) is 6.63. The Labute approximate surface area is 187 Å². The van der Waals surface area contributed by atoms with E-state index < -0.39 is 0 Å². The number of hydrogen-bond acceptors (Lipinski definition) is 4. The highest BCUT2D eigenvalue weighted by Crippen LogP contribution is 2.45. The number of para-hydroxylation sites is 2. The van der Waals surface area contributed by atoms with Crippen molar-refractivity contribution in [2.75, 3.05) is 16.8 Å². The third kappa shape index (κ3) is 2.67. The van der Waals surface area contributed by atoms with E-state index in [9.17, 15) is 0 Å². The predicted molar refractivity (Wildman–Crippen MR) is 126 cm³/mol. The monoisotopic (exact) mass is 420 g/mol. The van der Waals surface area contributed by atoms with Gasteiger partial charge in [0.15, 0.2) is 0 Å². The molecule has 158 valence electrons. The first kappa shape index (κ1) is 17.9. The van der Waals surface area contributed by atoms with Crippen LogP contribution in [0, 0.1) is 6.92 Å². The zero-order chi connectivity index (χ0) is 21.2. The van der Waals surface area contributed by atoms with E-state index in [-0.39, 0.29) is 6.17 Å². The van der Waals surface area contributed by atoms with Crippen molar-refractivity contribution in [2.24, 2.45) is 0 Å². The number of nitrogens with one attached hydrogen (secondary N) is 1. The van der Waals surface area contributed by atoms with Crippen molar-refractivity contribution in [3.8, 4) is 22.9 Å². The maximum Gasteiger partial charge on any atom is 0.140 e. The van der Waals surface area contributed by atoms with Crippen LogP contribution in [-0.2, 0) is 19.4 Å². The molecule has 0 aliphatic carbocycles. The van der Waals surface area contributed by atoms with Crippen molar-refractivity contribution >= 4 is 11.4 Å². The van der Waals surface area contributed by atoms with Gasteiger partial charge in [0.2, 0.25) is 0 Å². The van der Waals surface area contributed by atoms with Crippen molar-refractivity contribution < 1.29 is 4.74 Å². The van der Waals surface area contributed by atoms with Crippen LogP contribution >= 0.6 is 0 Å². The van der Waals surface area contributed by atoms with Gasteiger partial charge in [0, 0.05) is 30.4 Å². The number of hydrogen-bond donors (Lipinski definition) is 1. The Morgan fingerprint density at radius 1 is 0.938 bits per heavy atom. The minimum absolute atomic E-state index is 0.165. The first-order valence-corrected chi connectivity index (χ1v) is 11.3. The van der Waals surface area contributed by atoms with Gasteiger partial charge in [0.05, 0.1) is 17.1 Å². The SMILES string of the molecule is Cc1cn2c(n1)-c1cc(Oc3ccc4c(c3)C3Nc5ccccc5N3CC4)ccc1CC2. The quantitative estimate of drug-likeness (QED) is 0.452. The van der Waals surface area contributed by atoms with Gasteiger partial charge in [-0.25, -0.2) is 4.98 Å². The number of rotatable bonds is 2. The molecular formula is C27H24N4O. The normalized spacial score (nSPS) is 17.5. The lowest BCUT2D eigenvalue weighted by molar-refractivity contribution is 0.479. The van der Waals surface area contributed by atoms with Crippen LogP contribution in [-0.4, -0.2) is 16.1 Å². The van der Waals surface area contributed by atoms with Crippen molar-refractivity contribution in [3.63, 3.8) is 0 Å². The molecule has 0 bridgehead atoms. The molecule has 0 fully saturated rings. The van der Waals surface area contributed by atoms with Gasteiger partial charge >= 0.3 is 0 Å². The fourth-order valence-corrected chi connectivity index (χ4v) is 5.42. The summed E-state index contributed by atoms with van der Waals surface area (Å²) >= 11 is 0. The molecule has 1 atom stereocenters. The number of aryl methyl sites for hydroxylation is 3. The van der Waals surface area contributed by atoms with Crippen molar-refractivity contribution in [3.05, 3.63) is 89.2 Å². The summed E-state index contributed by atoms with van der Waals surface area (Å²) in [6.45, 7) is 4.07. The maximum absolute atomic E-state index is 6.37. The summed E-state index contributed by atoms with van der Waals surface area (Å²) in [4.78, 5) is 7.21. The topological polar surface area (TPSA) is 42.3 Å². The molecule has 5 heteroatoms. The fraction of sp³-hybridized carbons (Fsp3) is 0.222. The molecule has 1 N–H and O–H groups in total. The van der Waals surface area contributed by atoms with Gasteiger partial charge in [-0.3, -0.25) is 0 Å². The third-order valence-corrected chi connectivity index (χ3v) is 6.93. The summed E-state index contributed by atoms with van der Waals surface area (Å²) in [5.74, 6) is 2.77. The molecule has 0 radical (unpaired) electrons. The Morgan fingerprint density at radius 2 is 1.75 bits per heavy atom. The number of benzene rings is 3. The Hall–Kier alpha value is -3.73. The van der Waals surface area contributed by atoms with E-state index in [1.54, 1.807) is 0 Å². The van der Waals surface area contributed by atoms with E-state index in [1.807, 2.05) is 0 Å². The standard InChI is InChI=1S/C27H24N4O/c1-17-16-30-12-10-18-6-8-20(14-22(18)26(30)28-17)32-21-9-7-19-11-13-31-25-5-3-2-4-24(25)29-27(31)23(19)15-21/h2-9,14-16,27,29H,10-13H2,1H3. The number of ether oxygens (including phenoxy) is 1. The van der Waals surface area contributed by atoms with E-state index in [4.69, 9.17) is 9.72 Å². The molecule has 4 aromatic rings. The van der Waals surface area contributed by atoms with Gasteiger partial charge < -0.3 is 19.5 Å². The summed E-state index contributed by atoms with van der Waals surface area (Å²) in [5.41, 5.74) is 8.76. The zero-order valence-corrected chi connectivity index (χ0v) is 18.0. The van der Waals surface area contributed by atoms with Crippen LogP contribution in [0.2, 0.25) is 0 Å². The molecule has 0 spiro atoms. The minimum Gasteiger partial charge on any atom is -0.457 e. The maximum atomic E-state index is 6.37. The smallest absolute Gasteiger partial charge is 0.140 e. The molecule has 32 heavy (non-hydrogen) atoms. The Morgan fingerprint density at radius 3 is 2.69 bits per heavy atom. The number of nitrogens with zero attached hydrogens (tertiary/aromatic N) is 3. The van der Waals surface area contributed by atoms with Crippen LogP contribution in [0.25, 0.3) is 11.4 Å². The summed E-state index contributed by atoms with van der Waals surface area (Å²) in [6, 6.07) is 21.5. The van der Waals surface area contributed by atoms with Crippen LogP contribution in [0.3, 0.4) is 0 Å². The highest BCUT2D eigenvalue weighted by molar-refractivity contribution is 5.77. The zero-order valence-electron chi connectivity index (χ0n) is 18.0. The highest BCUT2D eigenvalue weighted by Gasteiger charge is 2.34. The molecule has 1 aromatic heterocycles. The van der Waals surface area contributed by atoms with Gasteiger partial charge in [-0.1, -0.05) is 24.3 Å². The van der Waals surface area contributed by atoms with Crippen LogP contribution in [0.4, 0.5) is 11.4 Å². The lowest BCUT2D eigenvalue weighted by atomic mass is 9.97. The molecule has 3 aromatic carbocycles. The first-order chi connectivity index (χ1) is 15.7. The van der Waals surface area contributed by atoms with E-state index >= 15 is 0 Å². The Balaban J connectivity index is 1.22. The molecule has 5 nitrogen and oxygen atoms in total.